The molecule has 0 bridgehead atoms. The SMILES string of the molecule is CC(OC(=O)CC1Oc2ccccc2NC1=O)C(=O)Nc1ccc(F)cc1. The lowest BCUT2D eigenvalue weighted by atomic mass is 10.1. The van der Waals surface area contributed by atoms with E-state index in [0.29, 0.717) is 17.1 Å². The predicted molar refractivity (Wildman–Crippen MR) is 94.7 cm³/mol. The van der Waals surface area contributed by atoms with Crippen LogP contribution >= 0.6 is 0 Å². The van der Waals surface area contributed by atoms with Crippen LogP contribution in [0.15, 0.2) is 48.5 Å². The first-order valence-electron chi connectivity index (χ1n) is 8.25. The van der Waals surface area contributed by atoms with E-state index in [2.05, 4.69) is 10.6 Å². The van der Waals surface area contributed by atoms with Crippen LogP contribution in [0.3, 0.4) is 0 Å². The molecule has 0 aliphatic carbocycles. The molecule has 2 unspecified atom stereocenters. The number of carbonyl (C=O) groups excluding carboxylic acids is 3. The van der Waals surface area contributed by atoms with E-state index in [1.54, 1.807) is 24.3 Å². The van der Waals surface area contributed by atoms with Gasteiger partial charge in [-0.05, 0) is 43.3 Å². The van der Waals surface area contributed by atoms with Crippen LogP contribution in [0.5, 0.6) is 5.75 Å². The minimum Gasteiger partial charge on any atom is -0.478 e. The Morgan fingerprint density at radius 2 is 1.93 bits per heavy atom. The normalized spacial score (nSPS) is 16.4. The van der Waals surface area contributed by atoms with Crippen molar-refractivity contribution in [3.8, 4) is 5.75 Å². The maximum Gasteiger partial charge on any atom is 0.310 e. The van der Waals surface area contributed by atoms with Crippen LogP contribution in [0.1, 0.15) is 13.3 Å². The minimum atomic E-state index is -1.10. The Bertz CT molecular complexity index is 869. The van der Waals surface area contributed by atoms with E-state index in [0.717, 1.165) is 0 Å². The summed E-state index contributed by atoms with van der Waals surface area (Å²) in [5.74, 6) is -1.77. The van der Waals surface area contributed by atoms with Gasteiger partial charge in [-0.2, -0.15) is 0 Å². The summed E-state index contributed by atoms with van der Waals surface area (Å²) in [6, 6.07) is 12.0. The molecule has 1 aliphatic rings. The average molecular weight is 372 g/mol. The van der Waals surface area contributed by atoms with Crippen molar-refractivity contribution < 1.29 is 28.2 Å². The molecule has 0 radical (unpaired) electrons. The summed E-state index contributed by atoms with van der Waals surface area (Å²) in [6.45, 7) is 1.40. The lowest BCUT2D eigenvalue weighted by molar-refractivity contribution is -0.155. The van der Waals surface area contributed by atoms with E-state index in [4.69, 9.17) is 9.47 Å². The summed E-state index contributed by atoms with van der Waals surface area (Å²) in [5.41, 5.74) is 0.898. The second-order valence-corrected chi connectivity index (χ2v) is 5.92. The van der Waals surface area contributed by atoms with Crippen molar-refractivity contribution in [1.82, 2.24) is 0 Å². The molecular formula is C19H17FN2O5. The molecule has 2 atom stereocenters. The lowest BCUT2D eigenvalue weighted by Crippen LogP contribution is -2.40. The van der Waals surface area contributed by atoms with E-state index in [9.17, 15) is 18.8 Å². The molecule has 8 heteroatoms. The number of hydrogen-bond donors (Lipinski definition) is 2. The molecule has 0 saturated carbocycles. The fourth-order valence-corrected chi connectivity index (χ4v) is 2.45. The topological polar surface area (TPSA) is 93.7 Å². The zero-order chi connectivity index (χ0) is 19.4. The quantitative estimate of drug-likeness (QED) is 0.787. The van der Waals surface area contributed by atoms with E-state index in [-0.39, 0.29) is 6.42 Å². The van der Waals surface area contributed by atoms with Crippen molar-refractivity contribution in [2.24, 2.45) is 0 Å². The second kappa shape index (κ2) is 7.86. The summed E-state index contributed by atoms with van der Waals surface area (Å²) in [6.07, 6.45) is -2.48. The molecule has 2 aromatic carbocycles. The molecule has 2 amide bonds. The number of fused-ring (bicyclic) bond motifs is 1. The highest BCUT2D eigenvalue weighted by molar-refractivity contribution is 6.00. The number of nitrogens with one attached hydrogen (secondary N) is 2. The Kier molecular flexibility index (Phi) is 5.35. The number of halogens is 1. The van der Waals surface area contributed by atoms with Crippen molar-refractivity contribution in [2.45, 2.75) is 25.6 Å². The predicted octanol–water partition coefficient (Wildman–Crippen LogP) is 2.49. The van der Waals surface area contributed by atoms with Crippen molar-refractivity contribution in [2.75, 3.05) is 10.6 Å². The lowest BCUT2D eigenvalue weighted by Gasteiger charge is -2.25. The van der Waals surface area contributed by atoms with Crippen LogP contribution in [-0.4, -0.2) is 30.0 Å². The molecule has 3 rings (SSSR count). The first-order valence-corrected chi connectivity index (χ1v) is 8.25. The molecule has 0 saturated heterocycles. The molecule has 0 aromatic heterocycles. The Balaban J connectivity index is 1.53. The third kappa shape index (κ3) is 4.60. The highest BCUT2D eigenvalue weighted by Crippen LogP contribution is 2.29. The van der Waals surface area contributed by atoms with Crippen molar-refractivity contribution in [3.05, 3.63) is 54.3 Å². The number of amides is 2. The molecule has 2 aromatic rings. The van der Waals surface area contributed by atoms with Crippen molar-refractivity contribution in [1.29, 1.82) is 0 Å². The average Bonchev–Trinajstić information content (AvgIpc) is 2.64. The minimum absolute atomic E-state index is 0.339. The molecule has 0 spiro atoms. The smallest absolute Gasteiger partial charge is 0.310 e. The van der Waals surface area contributed by atoms with Crippen LogP contribution in [0.4, 0.5) is 15.8 Å². The van der Waals surface area contributed by atoms with Crippen LogP contribution in [0, 0.1) is 5.82 Å². The summed E-state index contributed by atoms with van der Waals surface area (Å²) in [4.78, 5) is 36.2. The molecule has 7 nitrogen and oxygen atoms in total. The Morgan fingerprint density at radius 3 is 2.67 bits per heavy atom. The van der Waals surface area contributed by atoms with Gasteiger partial charge in [0.25, 0.3) is 11.8 Å². The van der Waals surface area contributed by atoms with E-state index < -0.39 is 35.8 Å². The summed E-state index contributed by atoms with van der Waals surface area (Å²) in [7, 11) is 0. The van der Waals surface area contributed by atoms with Gasteiger partial charge in [0.15, 0.2) is 12.2 Å². The van der Waals surface area contributed by atoms with Gasteiger partial charge in [0.1, 0.15) is 11.6 Å². The first-order chi connectivity index (χ1) is 12.9. The number of ether oxygens (including phenoxy) is 2. The Hall–Kier alpha value is -3.42. The van der Waals surface area contributed by atoms with Gasteiger partial charge in [-0.25, -0.2) is 4.39 Å². The summed E-state index contributed by atoms with van der Waals surface area (Å²) in [5, 5.41) is 5.15. The third-order valence-corrected chi connectivity index (χ3v) is 3.85. The Morgan fingerprint density at radius 1 is 1.22 bits per heavy atom. The number of esters is 1. The summed E-state index contributed by atoms with van der Waals surface area (Å²) >= 11 is 0. The third-order valence-electron chi connectivity index (χ3n) is 3.85. The molecular weight excluding hydrogens is 355 g/mol. The molecule has 1 aliphatic heterocycles. The zero-order valence-corrected chi connectivity index (χ0v) is 14.4. The van der Waals surface area contributed by atoms with Crippen molar-refractivity contribution in [3.63, 3.8) is 0 Å². The maximum absolute atomic E-state index is 12.9. The van der Waals surface area contributed by atoms with Gasteiger partial charge in [-0.3, -0.25) is 14.4 Å². The summed E-state index contributed by atoms with van der Waals surface area (Å²) < 4.78 is 23.5. The fourth-order valence-electron chi connectivity index (χ4n) is 2.45. The van der Waals surface area contributed by atoms with Gasteiger partial charge < -0.3 is 20.1 Å². The van der Waals surface area contributed by atoms with Gasteiger partial charge in [0.05, 0.1) is 12.1 Å². The number of para-hydroxylation sites is 2. The number of rotatable bonds is 5. The van der Waals surface area contributed by atoms with Gasteiger partial charge in [0.2, 0.25) is 0 Å². The van der Waals surface area contributed by atoms with Crippen LogP contribution in [0.2, 0.25) is 0 Å². The van der Waals surface area contributed by atoms with Crippen LogP contribution in [-0.2, 0) is 19.1 Å². The molecule has 2 N–H and O–H groups in total. The largest absolute Gasteiger partial charge is 0.478 e. The molecule has 0 fully saturated rings. The second-order valence-electron chi connectivity index (χ2n) is 5.92. The van der Waals surface area contributed by atoms with E-state index in [1.165, 1.54) is 31.2 Å². The van der Waals surface area contributed by atoms with Gasteiger partial charge in [-0.15, -0.1) is 0 Å². The zero-order valence-electron chi connectivity index (χ0n) is 14.4. The van der Waals surface area contributed by atoms with Crippen LogP contribution < -0.4 is 15.4 Å². The Labute approximate surface area is 154 Å². The maximum atomic E-state index is 12.9. The highest BCUT2D eigenvalue weighted by atomic mass is 19.1. The number of benzene rings is 2. The van der Waals surface area contributed by atoms with E-state index >= 15 is 0 Å². The molecule has 27 heavy (non-hydrogen) atoms. The number of hydrogen-bond acceptors (Lipinski definition) is 5. The van der Waals surface area contributed by atoms with Gasteiger partial charge >= 0.3 is 5.97 Å². The van der Waals surface area contributed by atoms with Gasteiger partial charge in [0, 0.05) is 5.69 Å². The fraction of sp³-hybridized carbons (Fsp3) is 0.211. The van der Waals surface area contributed by atoms with Crippen LogP contribution in [0.25, 0.3) is 0 Å². The van der Waals surface area contributed by atoms with Gasteiger partial charge in [-0.1, -0.05) is 12.1 Å². The first kappa shape index (κ1) is 18.4. The highest BCUT2D eigenvalue weighted by Gasteiger charge is 2.31. The van der Waals surface area contributed by atoms with E-state index in [1.807, 2.05) is 0 Å². The number of carbonyl (C=O) groups is 3. The standard InChI is InChI=1S/C19H17FN2O5/c1-11(18(24)21-13-8-6-12(20)7-9-13)26-17(23)10-16-19(25)22-14-4-2-3-5-15(14)27-16/h2-9,11,16H,10H2,1H3,(H,21,24)(H,22,25). The molecule has 1 heterocycles. The number of anilines is 2. The van der Waals surface area contributed by atoms with Crippen molar-refractivity contribution >= 4 is 29.2 Å². The monoisotopic (exact) mass is 372 g/mol. The molecule has 140 valence electrons.